The maximum Gasteiger partial charge on any atom is 0.454 e. The number of methoxy groups -OCH3 is 1. The maximum absolute atomic E-state index is 12.1. The molecule has 0 aliphatic carbocycles. The lowest BCUT2D eigenvalue weighted by Gasteiger charge is -2.06. The van der Waals surface area contributed by atoms with Gasteiger partial charge in [-0.1, -0.05) is 18.2 Å². The number of aliphatic hydroxyl groups is 1. The van der Waals surface area contributed by atoms with E-state index < -0.39 is 17.7 Å². The van der Waals surface area contributed by atoms with Crippen molar-refractivity contribution < 1.29 is 27.8 Å². The number of halogens is 3. The molecule has 0 amide bonds. The van der Waals surface area contributed by atoms with E-state index in [0.717, 1.165) is 5.39 Å². The number of carbonyl (C=O) groups is 1. The lowest BCUT2D eigenvalue weighted by Crippen LogP contribution is -2.20. The summed E-state index contributed by atoms with van der Waals surface area (Å²) in [5.74, 6) is -2.19. The fourth-order valence-corrected chi connectivity index (χ4v) is 1.80. The van der Waals surface area contributed by atoms with Crippen molar-refractivity contribution in [3.63, 3.8) is 0 Å². The molecule has 3 nitrogen and oxygen atoms in total. The number of ether oxygens (including phenoxy) is 1. The van der Waals surface area contributed by atoms with E-state index in [0.29, 0.717) is 11.1 Å². The van der Waals surface area contributed by atoms with Crippen molar-refractivity contribution in [3.8, 4) is 5.75 Å². The Hall–Kier alpha value is -2.50. The van der Waals surface area contributed by atoms with Gasteiger partial charge in [0.25, 0.3) is 5.78 Å². The summed E-state index contributed by atoms with van der Waals surface area (Å²) < 4.78 is 41.5. The molecule has 110 valence electrons. The van der Waals surface area contributed by atoms with Gasteiger partial charge in [0, 0.05) is 11.6 Å². The molecule has 0 aliphatic rings. The number of rotatable bonds is 3. The van der Waals surface area contributed by atoms with Crippen LogP contribution in [-0.4, -0.2) is 24.2 Å². The van der Waals surface area contributed by atoms with Gasteiger partial charge in [-0.3, -0.25) is 4.79 Å². The topological polar surface area (TPSA) is 46.5 Å². The van der Waals surface area contributed by atoms with Crippen molar-refractivity contribution in [2.24, 2.45) is 0 Å². The van der Waals surface area contributed by atoms with E-state index >= 15 is 0 Å². The zero-order valence-electron chi connectivity index (χ0n) is 10.9. The fraction of sp³-hybridized carbons (Fsp3) is 0.133. The van der Waals surface area contributed by atoms with E-state index in [2.05, 4.69) is 0 Å². The van der Waals surface area contributed by atoms with Crippen LogP contribution in [-0.2, 0) is 4.79 Å². The Labute approximate surface area is 118 Å². The minimum absolute atomic E-state index is 0.130. The predicted molar refractivity (Wildman–Crippen MR) is 72.2 cm³/mol. The van der Waals surface area contributed by atoms with Gasteiger partial charge in [0.2, 0.25) is 0 Å². The first-order valence-electron chi connectivity index (χ1n) is 5.91. The highest BCUT2D eigenvalue weighted by Crippen LogP contribution is 2.25. The first-order valence-corrected chi connectivity index (χ1v) is 5.91. The van der Waals surface area contributed by atoms with Crippen LogP contribution in [0.5, 0.6) is 5.75 Å². The SMILES string of the molecule is COc1ccc2cc(C(O)=CC(=O)C(F)(F)F)ccc2c1. The molecular formula is C15H11F3O3. The minimum Gasteiger partial charge on any atom is -0.507 e. The number of hydrogen-bond donors (Lipinski definition) is 1. The van der Waals surface area contributed by atoms with Gasteiger partial charge in [-0.2, -0.15) is 13.2 Å². The van der Waals surface area contributed by atoms with Crippen molar-refractivity contribution in [1.29, 1.82) is 0 Å². The summed E-state index contributed by atoms with van der Waals surface area (Å²) in [7, 11) is 1.52. The minimum atomic E-state index is -5.00. The van der Waals surface area contributed by atoms with E-state index in [-0.39, 0.29) is 11.6 Å². The summed E-state index contributed by atoms with van der Waals surface area (Å²) in [5.41, 5.74) is 0.130. The summed E-state index contributed by atoms with van der Waals surface area (Å²) in [4.78, 5) is 10.8. The largest absolute Gasteiger partial charge is 0.507 e. The first-order chi connectivity index (χ1) is 9.81. The molecule has 6 heteroatoms. The van der Waals surface area contributed by atoms with Crippen molar-refractivity contribution in [2.45, 2.75) is 6.18 Å². The highest BCUT2D eigenvalue weighted by Gasteiger charge is 2.37. The lowest BCUT2D eigenvalue weighted by molar-refractivity contribution is -0.165. The highest BCUT2D eigenvalue weighted by atomic mass is 19.4. The van der Waals surface area contributed by atoms with Crippen molar-refractivity contribution in [1.82, 2.24) is 0 Å². The van der Waals surface area contributed by atoms with Crippen LogP contribution < -0.4 is 4.74 Å². The Morgan fingerprint density at radius 2 is 1.76 bits per heavy atom. The number of allylic oxidation sites excluding steroid dienone is 1. The van der Waals surface area contributed by atoms with Crippen LogP contribution >= 0.6 is 0 Å². The first kappa shape index (κ1) is 14.9. The maximum atomic E-state index is 12.1. The van der Waals surface area contributed by atoms with Crippen LogP contribution in [0, 0.1) is 0 Å². The van der Waals surface area contributed by atoms with Crippen LogP contribution in [0.4, 0.5) is 13.2 Å². The van der Waals surface area contributed by atoms with E-state index in [9.17, 15) is 23.1 Å². The number of alkyl halides is 3. The molecular weight excluding hydrogens is 285 g/mol. The van der Waals surface area contributed by atoms with Crippen LogP contribution in [0.3, 0.4) is 0 Å². The molecule has 0 unspecified atom stereocenters. The summed E-state index contributed by atoms with van der Waals surface area (Å²) in [6, 6.07) is 9.68. The summed E-state index contributed by atoms with van der Waals surface area (Å²) in [6.07, 6.45) is -4.83. The Balaban J connectivity index is 2.39. The van der Waals surface area contributed by atoms with Crippen molar-refractivity contribution in [2.75, 3.05) is 7.11 Å². The van der Waals surface area contributed by atoms with E-state index in [1.54, 1.807) is 24.3 Å². The Morgan fingerprint density at radius 1 is 1.14 bits per heavy atom. The molecule has 0 radical (unpaired) electrons. The number of fused-ring (bicyclic) bond motifs is 1. The van der Waals surface area contributed by atoms with E-state index in [1.807, 2.05) is 0 Å². The van der Waals surface area contributed by atoms with Crippen LogP contribution in [0.15, 0.2) is 42.5 Å². The molecule has 0 saturated heterocycles. The number of benzene rings is 2. The zero-order valence-corrected chi connectivity index (χ0v) is 10.9. The average Bonchev–Trinajstić information content (AvgIpc) is 2.44. The average molecular weight is 296 g/mol. The molecule has 21 heavy (non-hydrogen) atoms. The summed E-state index contributed by atoms with van der Waals surface area (Å²) >= 11 is 0. The van der Waals surface area contributed by atoms with Gasteiger partial charge >= 0.3 is 6.18 Å². The van der Waals surface area contributed by atoms with Gasteiger partial charge in [-0.05, 0) is 29.0 Å². The molecule has 0 aliphatic heterocycles. The second-order valence-electron chi connectivity index (χ2n) is 4.32. The summed E-state index contributed by atoms with van der Waals surface area (Å²) in [6.45, 7) is 0. The molecule has 0 aromatic heterocycles. The van der Waals surface area contributed by atoms with Gasteiger partial charge in [0.15, 0.2) is 0 Å². The Bertz CT molecular complexity index is 718. The number of aliphatic hydroxyl groups excluding tert-OH is 1. The third-order valence-electron chi connectivity index (χ3n) is 2.89. The Kier molecular flexibility index (Phi) is 3.88. The van der Waals surface area contributed by atoms with Gasteiger partial charge in [0.1, 0.15) is 11.5 Å². The number of ketones is 1. The lowest BCUT2D eigenvalue weighted by atomic mass is 10.0. The molecule has 2 aromatic carbocycles. The van der Waals surface area contributed by atoms with Crippen LogP contribution in [0.1, 0.15) is 5.56 Å². The van der Waals surface area contributed by atoms with Crippen LogP contribution in [0.25, 0.3) is 16.5 Å². The normalized spacial score (nSPS) is 12.5. The molecule has 1 N–H and O–H groups in total. The standard InChI is InChI=1S/C15H11F3O3/c1-21-12-5-4-9-6-11(3-2-10(9)7-12)13(19)8-14(20)15(16,17)18/h2-8,19H,1H3. The highest BCUT2D eigenvalue weighted by molar-refractivity contribution is 5.99. The molecule has 0 bridgehead atoms. The second-order valence-corrected chi connectivity index (χ2v) is 4.32. The molecule has 0 fully saturated rings. The molecule has 0 spiro atoms. The predicted octanol–water partition coefficient (Wildman–Crippen LogP) is 3.88. The number of hydrogen-bond acceptors (Lipinski definition) is 3. The fourth-order valence-electron chi connectivity index (χ4n) is 1.80. The Morgan fingerprint density at radius 3 is 2.38 bits per heavy atom. The van der Waals surface area contributed by atoms with E-state index in [4.69, 9.17) is 4.74 Å². The zero-order chi connectivity index (χ0) is 15.6. The molecule has 2 rings (SSSR count). The van der Waals surface area contributed by atoms with E-state index in [1.165, 1.54) is 19.2 Å². The van der Waals surface area contributed by atoms with Crippen molar-refractivity contribution >= 4 is 22.3 Å². The molecule has 0 atom stereocenters. The molecule has 2 aromatic rings. The monoisotopic (exact) mass is 296 g/mol. The summed E-state index contributed by atoms with van der Waals surface area (Å²) in [5, 5.41) is 11.1. The third kappa shape index (κ3) is 3.34. The molecule has 0 heterocycles. The van der Waals surface area contributed by atoms with Crippen molar-refractivity contribution in [3.05, 3.63) is 48.0 Å². The third-order valence-corrected chi connectivity index (χ3v) is 2.89. The molecule has 0 saturated carbocycles. The van der Waals surface area contributed by atoms with Crippen LogP contribution in [0.2, 0.25) is 0 Å². The van der Waals surface area contributed by atoms with Gasteiger partial charge in [-0.15, -0.1) is 0 Å². The number of carbonyl (C=O) groups excluding carboxylic acids is 1. The quantitative estimate of drug-likeness (QED) is 0.690. The second kappa shape index (κ2) is 5.47. The van der Waals surface area contributed by atoms with Gasteiger partial charge in [-0.25, -0.2) is 0 Å². The van der Waals surface area contributed by atoms with Gasteiger partial charge < -0.3 is 9.84 Å². The van der Waals surface area contributed by atoms with Gasteiger partial charge in [0.05, 0.1) is 7.11 Å². The smallest absolute Gasteiger partial charge is 0.454 e.